The molecule has 0 bridgehead atoms. The van der Waals surface area contributed by atoms with Crippen LogP contribution in [-0.4, -0.2) is 0 Å². The van der Waals surface area contributed by atoms with Crippen LogP contribution in [0.4, 0.5) is 22.0 Å². The van der Waals surface area contributed by atoms with Crippen molar-refractivity contribution in [2.24, 2.45) is 11.8 Å². The Labute approximate surface area is 169 Å². The van der Waals surface area contributed by atoms with Gasteiger partial charge in [-0.05, 0) is 41.7 Å². The van der Waals surface area contributed by atoms with Gasteiger partial charge in [0.1, 0.15) is 17.2 Å². The number of hydrogen-bond donors (Lipinski definition) is 0. The van der Waals surface area contributed by atoms with Crippen LogP contribution in [0.2, 0.25) is 0 Å². The summed E-state index contributed by atoms with van der Waals surface area (Å²) >= 11 is 0. The lowest BCUT2D eigenvalue weighted by Crippen LogP contribution is -2.15. The summed E-state index contributed by atoms with van der Waals surface area (Å²) in [6, 6.07) is 5.43. The maximum absolute atomic E-state index is 14.2. The highest BCUT2D eigenvalue weighted by molar-refractivity contribution is 5.85. The lowest BCUT2D eigenvalue weighted by atomic mass is 9.77. The first-order valence-electron chi connectivity index (χ1n) is 10.8. The Morgan fingerprint density at radius 1 is 0.897 bits per heavy atom. The number of unbranched alkanes of at least 4 members (excludes halogenated alkanes) is 2. The molecule has 29 heavy (non-hydrogen) atoms. The molecule has 1 aliphatic carbocycles. The first-order chi connectivity index (χ1) is 13.8. The summed E-state index contributed by atoms with van der Waals surface area (Å²) in [7, 11) is 0. The van der Waals surface area contributed by atoms with Crippen LogP contribution in [0.3, 0.4) is 0 Å². The van der Waals surface area contributed by atoms with Crippen molar-refractivity contribution >= 4 is 10.8 Å². The molecule has 0 aromatic heterocycles. The summed E-state index contributed by atoms with van der Waals surface area (Å²) in [5, 5.41) is 0.000180. The minimum atomic E-state index is -5.05. The second-order valence-corrected chi connectivity index (χ2v) is 8.52. The third kappa shape index (κ3) is 5.49. The van der Waals surface area contributed by atoms with E-state index in [4.69, 9.17) is 0 Å². The van der Waals surface area contributed by atoms with Crippen molar-refractivity contribution < 1.29 is 22.0 Å². The Bertz CT molecular complexity index is 816. The van der Waals surface area contributed by atoms with E-state index >= 15 is 0 Å². The van der Waals surface area contributed by atoms with Crippen molar-refractivity contribution in [3.63, 3.8) is 0 Å². The quantitative estimate of drug-likeness (QED) is 0.316. The molecular weight excluding hydrogens is 383 g/mol. The third-order valence-corrected chi connectivity index (χ3v) is 6.40. The SMILES string of the molecule is CCCCCC1CCC(CCc2ccc3c(F)c(C(F)(F)F)c(F)cc3c2)CC1. The van der Waals surface area contributed by atoms with Gasteiger partial charge < -0.3 is 0 Å². The van der Waals surface area contributed by atoms with Crippen LogP contribution in [0.15, 0.2) is 24.3 Å². The molecule has 0 atom stereocenters. The number of rotatable bonds is 7. The van der Waals surface area contributed by atoms with Crippen molar-refractivity contribution in [2.45, 2.75) is 77.3 Å². The average Bonchev–Trinajstić information content (AvgIpc) is 2.66. The molecule has 2 aromatic carbocycles. The number of halogens is 5. The molecule has 0 heterocycles. The van der Waals surface area contributed by atoms with Crippen molar-refractivity contribution in [3.05, 3.63) is 47.0 Å². The van der Waals surface area contributed by atoms with Crippen LogP contribution in [0.5, 0.6) is 0 Å². The fraction of sp³-hybridized carbons (Fsp3) is 0.583. The minimum absolute atomic E-state index is 0.185. The van der Waals surface area contributed by atoms with Gasteiger partial charge in [0.25, 0.3) is 0 Å². The molecule has 0 N–H and O–H groups in total. The van der Waals surface area contributed by atoms with E-state index in [1.54, 1.807) is 12.1 Å². The highest BCUT2D eigenvalue weighted by atomic mass is 19.4. The van der Waals surface area contributed by atoms with Gasteiger partial charge in [0.15, 0.2) is 0 Å². The molecule has 1 saturated carbocycles. The van der Waals surface area contributed by atoms with Crippen LogP contribution in [0.25, 0.3) is 10.8 Å². The molecule has 0 nitrogen and oxygen atoms in total. The van der Waals surface area contributed by atoms with Gasteiger partial charge >= 0.3 is 6.18 Å². The highest BCUT2D eigenvalue weighted by Gasteiger charge is 2.38. The normalized spacial score (nSPS) is 20.3. The first-order valence-corrected chi connectivity index (χ1v) is 10.8. The molecule has 0 unspecified atom stereocenters. The van der Waals surface area contributed by atoms with Crippen molar-refractivity contribution in [2.75, 3.05) is 0 Å². The van der Waals surface area contributed by atoms with Crippen molar-refractivity contribution in [1.82, 2.24) is 0 Å². The zero-order chi connectivity index (χ0) is 21.0. The van der Waals surface area contributed by atoms with Gasteiger partial charge in [-0.15, -0.1) is 0 Å². The molecule has 1 aliphatic rings. The summed E-state index contributed by atoms with van der Waals surface area (Å²) in [6.45, 7) is 2.22. The number of benzene rings is 2. The molecule has 3 rings (SSSR count). The summed E-state index contributed by atoms with van der Waals surface area (Å²) in [4.78, 5) is 0. The topological polar surface area (TPSA) is 0 Å². The molecule has 2 aromatic rings. The van der Waals surface area contributed by atoms with E-state index in [1.165, 1.54) is 57.4 Å². The zero-order valence-electron chi connectivity index (χ0n) is 16.9. The first kappa shape index (κ1) is 22.0. The number of fused-ring (bicyclic) bond motifs is 1. The minimum Gasteiger partial charge on any atom is -0.206 e. The van der Waals surface area contributed by atoms with E-state index in [9.17, 15) is 22.0 Å². The molecule has 0 spiro atoms. The second-order valence-electron chi connectivity index (χ2n) is 8.52. The van der Waals surface area contributed by atoms with E-state index < -0.39 is 23.4 Å². The largest absolute Gasteiger partial charge is 0.422 e. The summed E-state index contributed by atoms with van der Waals surface area (Å²) < 4.78 is 66.7. The lowest BCUT2D eigenvalue weighted by Gasteiger charge is -2.28. The summed E-state index contributed by atoms with van der Waals surface area (Å²) in [5.74, 6) is -1.57. The molecule has 0 aliphatic heterocycles. The molecule has 0 saturated heterocycles. The third-order valence-electron chi connectivity index (χ3n) is 6.40. The Morgan fingerprint density at radius 2 is 1.55 bits per heavy atom. The molecular formula is C24H29F5. The lowest BCUT2D eigenvalue weighted by molar-refractivity contribution is -0.142. The fourth-order valence-electron chi connectivity index (χ4n) is 4.66. The van der Waals surface area contributed by atoms with Crippen LogP contribution in [0.1, 0.15) is 75.8 Å². The van der Waals surface area contributed by atoms with E-state index in [0.29, 0.717) is 5.92 Å². The van der Waals surface area contributed by atoms with Crippen LogP contribution in [0, 0.1) is 23.5 Å². The van der Waals surface area contributed by atoms with Gasteiger partial charge in [-0.2, -0.15) is 13.2 Å². The fourth-order valence-corrected chi connectivity index (χ4v) is 4.66. The summed E-state index contributed by atoms with van der Waals surface area (Å²) in [5.41, 5.74) is -0.894. The smallest absolute Gasteiger partial charge is 0.206 e. The van der Waals surface area contributed by atoms with Crippen molar-refractivity contribution in [1.29, 1.82) is 0 Å². The molecule has 5 heteroatoms. The molecule has 160 valence electrons. The van der Waals surface area contributed by atoms with Gasteiger partial charge in [-0.3, -0.25) is 0 Å². The average molecular weight is 412 g/mol. The monoisotopic (exact) mass is 412 g/mol. The summed E-state index contributed by atoms with van der Waals surface area (Å²) in [6.07, 6.45) is 6.99. The molecule has 0 radical (unpaired) electrons. The maximum Gasteiger partial charge on any atom is 0.422 e. The Balaban J connectivity index is 1.61. The Morgan fingerprint density at radius 3 is 2.17 bits per heavy atom. The standard InChI is InChI=1S/C24H29F5/c1-2-3-4-5-16-6-8-17(9-7-16)10-11-18-12-13-20-19(14-18)15-21(25)22(23(20)26)24(27,28)29/h12-17H,2-11H2,1H3. The van der Waals surface area contributed by atoms with Gasteiger partial charge in [0.05, 0.1) is 0 Å². The predicted molar refractivity (Wildman–Crippen MR) is 107 cm³/mol. The van der Waals surface area contributed by atoms with Crippen LogP contribution < -0.4 is 0 Å². The molecule has 1 fully saturated rings. The highest BCUT2D eigenvalue weighted by Crippen LogP contribution is 2.38. The maximum atomic E-state index is 14.2. The van der Waals surface area contributed by atoms with Crippen molar-refractivity contribution in [3.8, 4) is 0 Å². The number of alkyl halides is 3. The second kappa shape index (κ2) is 9.44. The van der Waals surface area contributed by atoms with Gasteiger partial charge in [0.2, 0.25) is 0 Å². The van der Waals surface area contributed by atoms with Gasteiger partial charge in [-0.25, -0.2) is 8.78 Å². The van der Waals surface area contributed by atoms with Crippen LogP contribution >= 0.6 is 0 Å². The van der Waals surface area contributed by atoms with E-state index in [0.717, 1.165) is 30.4 Å². The zero-order valence-corrected chi connectivity index (χ0v) is 16.9. The Hall–Kier alpha value is -1.65. The Kier molecular flexibility index (Phi) is 7.18. The van der Waals surface area contributed by atoms with E-state index in [-0.39, 0.29) is 10.8 Å². The van der Waals surface area contributed by atoms with Crippen LogP contribution in [-0.2, 0) is 12.6 Å². The molecule has 0 amide bonds. The number of aryl methyl sites for hydroxylation is 1. The van der Waals surface area contributed by atoms with E-state index in [1.807, 2.05) is 0 Å². The predicted octanol–water partition coefficient (Wildman–Crippen LogP) is 8.46. The number of hydrogen-bond acceptors (Lipinski definition) is 0. The van der Waals surface area contributed by atoms with Gasteiger partial charge in [0, 0.05) is 5.39 Å². The van der Waals surface area contributed by atoms with E-state index in [2.05, 4.69) is 6.92 Å². The van der Waals surface area contributed by atoms with Gasteiger partial charge in [-0.1, -0.05) is 76.5 Å².